The van der Waals surface area contributed by atoms with E-state index in [0.29, 0.717) is 5.56 Å². The van der Waals surface area contributed by atoms with E-state index >= 15 is 0 Å². The molecule has 2 unspecified atom stereocenters. The summed E-state index contributed by atoms with van der Waals surface area (Å²) in [4.78, 5) is 52.5. The van der Waals surface area contributed by atoms with Crippen molar-refractivity contribution in [2.75, 3.05) is 13.2 Å². The van der Waals surface area contributed by atoms with Crippen LogP contribution in [0.25, 0.3) is 0 Å². The predicted molar refractivity (Wildman–Crippen MR) is 141 cm³/mol. The van der Waals surface area contributed by atoms with Gasteiger partial charge in [0.15, 0.2) is 0 Å². The average Bonchev–Trinajstić information content (AvgIpc) is 2.76. The Morgan fingerprint density at radius 3 is 2.32 bits per heavy atom. The van der Waals surface area contributed by atoms with Crippen LogP contribution in [0.4, 0.5) is 4.79 Å². The molecule has 0 aromatic heterocycles. The van der Waals surface area contributed by atoms with Gasteiger partial charge in [0.2, 0.25) is 5.91 Å². The van der Waals surface area contributed by atoms with Gasteiger partial charge in [-0.2, -0.15) is 0 Å². The number of rotatable bonds is 11. The molecule has 0 radical (unpaired) electrons. The zero-order valence-corrected chi connectivity index (χ0v) is 23.3. The molecule has 0 saturated carbocycles. The molecule has 0 fully saturated rings. The van der Waals surface area contributed by atoms with Gasteiger partial charge in [-0.3, -0.25) is 19.3 Å². The number of hydrogen-bond donors (Lipinski definition) is 2. The van der Waals surface area contributed by atoms with E-state index in [1.54, 1.807) is 33.8 Å². The first-order chi connectivity index (χ1) is 17.2. The second-order valence-electron chi connectivity index (χ2n) is 10.3. The van der Waals surface area contributed by atoms with Crippen LogP contribution in [-0.4, -0.2) is 53.6 Å². The molecular formula is C28H41N3O6. The van der Waals surface area contributed by atoms with E-state index in [0.717, 1.165) is 16.0 Å². The first-order valence-electron chi connectivity index (χ1n) is 12.5. The number of carbonyl (C=O) groups excluding carboxylic acids is 4. The van der Waals surface area contributed by atoms with Gasteiger partial charge in [-0.05, 0) is 65.0 Å². The van der Waals surface area contributed by atoms with Crippen molar-refractivity contribution in [3.8, 4) is 12.5 Å². The third-order valence-electron chi connectivity index (χ3n) is 5.24. The molecule has 0 saturated heterocycles. The van der Waals surface area contributed by atoms with Crippen molar-refractivity contribution in [2.45, 2.75) is 85.9 Å². The minimum Gasteiger partial charge on any atom is -0.466 e. The molecule has 9 heteroatoms. The lowest BCUT2D eigenvalue weighted by Crippen LogP contribution is -2.52. The van der Waals surface area contributed by atoms with Crippen molar-refractivity contribution < 1.29 is 28.7 Å². The molecule has 0 aliphatic carbocycles. The van der Waals surface area contributed by atoms with Crippen molar-refractivity contribution in [3.05, 3.63) is 34.9 Å². The Labute approximate surface area is 220 Å². The molecule has 2 N–H and O–H groups in total. The fourth-order valence-electron chi connectivity index (χ4n) is 3.65. The normalized spacial score (nSPS) is 12.6. The molecule has 204 valence electrons. The van der Waals surface area contributed by atoms with Crippen LogP contribution < -0.4 is 10.6 Å². The first-order valence-corrected chi connectivity index (χ1v) is 12.5. The number of nitrogens with zero attached hydrogens (tertiary/aromatic N) is 1. The third-order valence-corrected chi connectivity index (χ3v) is 5.24. The topological polar surface area (TPSA) is 114 Å². The summed E-state index contributed by atoms with van der Waals surface area (Å²) in [5.41, 5.74) is 1.41. The molecule has 1 aromatic rings. The number of carbonyl (C=O) groups is 4. The van der Waals surface area contributed by atoms with Crippen LogP contribution in [0.1, 0.15) is 77.1 Å². The van der Waals surface area contributed by atoms with E-state index in [1.807, 2.05) is 39.8 Å². The summed E-state index contributed by atoms with van der Waals surface area (Å²) in [5.74, 6) is -1.59. The van der Waals surface area contributed by atoms with Crippen LogP contribution in [0.3, 0.4) is 0 Å². The highest BCUT2D eigenvalue weighted by Gasteiger charge is 2.36. The molecule has 2 atom stereocenters. The Hall–Kier alpha value is -3.54. The van der Waals surface area contributed by atoms with E-state index in [4.69, 9.17) is 15.9 Å². The molecule has 9 nitrogen and oxygen atoms in total. The van der Waals surface area contributed by atoms with Crippen LogP contribution in [0, 0.1) is 32.2 Å². The molecule has 0 aliphatic heterocycles. The Bertz CT molecular complexity index is 1010. The summed E-state index contributed by atoms with van der Waals surface area (Å²) in [6.07, 6.45) is 5.30. The van der Waals surface area contributed by atoms with Gasteiger partial charge in [0, 0.05) is 12.6 Å². The Morgan fingerprint density at radius 1 is 1.14 bits per heavy atom. The van der Waals surface area contributed by atoms with Gasteiger partial charge in [0.05, 0.1) is 13.0 Å². The van der Waals surface area contributed by atoms with Crippen molar-refractivity contribution in [2.24, 2.45) is 5.92 Å². The highest BCUT2D eigenvalue weighted by atomic mass is 16.6. The Balaban J connectivity index is 3.37. The van der Waals surface area contributed by atoms with Gasteiger partial charge in [0.1, 0.15) is 17.7 Å². The number of aryl methyl sites for hydroxylation is 2. The van der Waals surface area contributed by atoms with Gasteiger partial charge in [0.25, 0.3) is 5.91 Å². The largest absolute Gasteiger partial charge is 0.466 e. The molecule has 37 heavy (non-hydrogen) atoms. The number of benzene rings is 1. The minimum atomic E-state index is -1.19. The first kappa shape index (κ1) is 31.5. The lowest BCUT2D eigenvalue weighted by Gasteiger charge is -2.31. The summed E-state index contributed by atoms with van der Waals surface area (Å²) in [6.45, 7) is 14.6. The van der Waals surface area contributed by atoms with Crippen molar-refractivity contribution in [1.29, 1.82) is 0 Å². The lowest BCUT2D eigenvalue weighted by molar-refractivity contribution is -0.143. The molecule has 3 amide bonds. The van der Waals surface area contributed by atoms with Crippen LogP contribution >= 0.6 is 0 Å². The van der Waals surface area contributed by atoms with E-state index in [2.05, 4.69) is 16.7 Å². The van der Waals surface area contributed by atoms with Crippen LogP contribution in [-0.2, 0) is 23.9 Å². The maximum absolute atomic E-state index is 13.8. The van der Waals surface area contributed by atoms with Gasteiger partial charge in [-0.15, -0.1) is 0 Å². The number of amides is 3. The minimum absolute atomic E-state index is 0.0111. The average molecular weight is 516 g/mol. The van der Waals surface area contributed by atoms with E-state index in [9.17, 15) is 19.2 Å². The number of alkyl carbamates (subject to hydrolysis) is 1. The second kappa shape index (κ2) is 14.3. The molecule has 1 aromatic carbocycles. The summed E-state index contributed by atoms with van der Waals surface area (Å²) < 4.78 is 10.3. The Kier molecular flexibility index (Phi) is 12.1. The van der Waals surface area contributed by atoms with Crippen molar-refractivity contribution in [1.82, 2.24) is 15.5 Å². The van der Waals surface area contributed by atoms with Crippen molar-refractivity contribution >= 4 is 23.9 Å². The van der Waals surface area contributed by atoms with E-state index in [-0.39, 0.29) is 31.9 Å². The number of esters is 1. The lowest BCUT2D eigenvalue weighted by atomic mass is 9.95. The number of ether oxygens (including phenoxy) is 2. The SMILES string of the molecule is C#CN(C(=O)C(CC(C)C)NC(=O)OC(C)(C)C)C(C(=O)NCCC(=O)OCC)c1cc(C)ccc1C. The van der Waals surface area contributed by atoms with Gasteiger partial charge in [-0.1, -0.05) is 44.0 Å². The summed E-state index contributed by atoms with van der Waals surface area (Å²) in [6, 6.07) is 5.68. The van der Waals surface area contributed by atoms with Crippen molar-refractivity contribution in [3.63, 3.8) is 0 Å². The van der Waals surface area contributed by atoms with Crippen LogP contribution in [0.5, 0.6) is 0 Å². The van der Waals surface area contributed by atoms with E-state index < -0.39 is 41.6 Å². The molecule has 1 rings (SSSR count). The molecular weight excluding hydrogens is 474 g/mol. The monoisotopic (exact) mass is 515 g/mol. The standard InChI is InChI=1S/C28H41N3O6/c1-10-31(26(34)22(16-18(3)4)30-27(35)37-28(7,8)9)24(21-17-19(5)12-13-20(21)6)25(33)29-15-14-23(32)36-11-2/h1,12-13,17-18,22,24H,11,14-16H2,2-9H3,(H,29,33)(H,30,35). The Morgan fingerprint density at radius 2 is 1.78 bits per heavy atom. The van der Waals surface area contributed by atoms with E-state index in [1.165, 1.54) is 0 Å². The second-order valence-corrected chi connectivity index (χ2v) is 10.3. The third kappa shape index (κ3) is 10.5. The summed E-state index contributed by atoms with van der Waals surface area (Å²) >= 11 is 0. The highest BCUT2D eigenvalue weighted by molar-refractivity contribution is 5.93. The molecule has 0 aliphatic rings. The molecule has 0 heterocycles. The van der Waals surface area contributed by atoms with Gasteiger partial charge >= 0.3 is 12.1 Å². The summed E-state index contributed by atoms with van der Waals surface area (Å²) in [5, 5.41) is 5.32. The van der Waals surface area contributed by atoms with Gasteiger partial charge in [-0.25, -0.2) is 4.79 Å². The van der Waals surface area contributed by atoms with Gasteiger partial charge < -0.3 is 20.1 Å². The number of terminal acetylenes is 1. The van der Waals surface area contributed by atoms with Crippen LogP contribution in [0.2, 0.25) is 0 Å². The maximum Gasteiger partial charge on any atom is 0.408 e. The zero-order chi connectivity index (χ0) is 28.3. The highest BCUT2D eigenvalue weighted by Crippen LogP contribution is 2.27. The zero-order valence-electron chi connectivity index (χ0n) is 23.3. The molecule has 0 spiro atoms. The fraction of sp³-hybridized carbons (Fsp3) is 0.571. The quantitative estimate of drug-likeness (QED) is 0.263. The molecule has 0 bridgehead atoms. The predicted octanol–water partition coefficient (Wildman–Crippen LogP) is 3.77. The number of nitrogens with one attached hydrogen (secondary N) is 2. The fourth-order valence-corrected chi connectivity index (χ4v) is 3.65. The number of hydrogen-bond acceptors (Lipinski definition) is 6. The maximum atomic E-state index is 13.8. The van der Waals surface area contributed by atoms with Crippen LogP contribution in [0.15, 0.2) is 18.2 Å². The smallest absolute Gasteiger partial charge is 0.408 e. The summed E-state index contributed by atoms with van der Waals surface area (Å²) in [7, 11) is 0.